The average Bonchev–Trinajstić information content (AvgIpc) is 3.51. The first-order chi connectivity index (χ1) is 19.7. The molecule has 2 unspecified atom stereocenters. The van der Waals surface area contributed by atoms with Crippen LogP contribution in [0.25, 0.3) is 0 Å². The number of carbonyl (C=O) groups is 2. The average molecular weight is 574 g/mol. The number of hydrogen-bond acceptors (Lipinski definition) is 4. The molecule has 0 spiro atoms. The van der Waals surface area contributed by atoms with Crippen LogP contribution in [0.3, 0.4) is 0 Å². The first-order valence-corrected chi connectivity index (χ1v) is 14.9. The number of amides is 3. The highest BCUT2D eigenvalue weighted by Gasteiger charge is 2.42. The lowest BCUT2D eigenvalue weighted by Gasteiger charge is -2.26. The zero-order valence-electron chi connectivity index (χ0n) is 24.5. The van der Waals surface area contributed by atoms with E-state index in [9.17, 15) is 9.59 Å². The molecule has 7 nitrogen and oxygen atoms in total. The second kappa shape index (κ2) is 12.6. The lowest BCUT2D eigenvalue weighted by atomic mass is 10.0. The van der Waals surface area contributed by atoms with E-state index in [2.05, 4.69) is 34.3 Å². The minimum Gasteiger partial charge on any atom is -0.338 e. The standard InChI is InChI=1S/C33H40ClN5O2/c1-22-6-9-26(10-7-22)17-36-33(41)39(29-11-8-23(2)30(34)16-29)15-5-14-37-18-27-20-38(21-28(27)19-37)32(40)31-24(3)12-13-35-25(31)4/h6-13,16,27-28H,5,14-15,17-21H2,1-4H3,(H,36,41). The number of urea groups is 1. The molecule has 1 N–H and O–H groups in total. The molecular formula is C33H40ClN5O2. The second-order valence-electron chi connectivity index (χ2n) is 11.7. The van der Waals surface area contributed by atoms with Crippen LogP contribution >= 0.6 is 11.6 Å². The molecule has 216 valence electrons. The molecule has 0 radical (unpaired) electrons. The van der Waals surface area contributed by atoms with Crippen molar-refractivity contribution in [2.24, 2.45) is 11.8 Å². The predicted molar refractivity (Wildman–Crippen MR) is 165 cm³/mol. The quantitative estimate of drug-likeness (QED) is 0.371. The van der Waals surface area contributed by atoms with Crippen molar-refractivity contribution in [1.29, 1.82) is 0 Å². The zero-order valence-corrected chi connectivity index (χ0v) is 25.2. The Labute approximate surface area is 248 Å². The van der Waals surface area contributed by atoms with Gasteiger partial charge in [0.1, 0.15) is 0 Å². The topological polar surface area (TPSA) is 68.8 Å². The largest absolute Gasteiger partial charge is 0.338 e. The Hall–Kier alpha value is -3.42. The Morgan fingerprint density at radius 2 is 1.66 bits per heavy atom. The van der Waals surface area contributed by atoms with E-state index in [1.54, 1.807) is 11.1 Å². The van der Waals surface area contributed by atoms with E-state index in [1.807, 2.05) is 62.1 Å². The van der Waals surface area contributed by atoms with Crippen LogP contribution in [0, 0.1) is 39.5 Å². The fraction of sp³-hybridized carbons (Fsp3) is 0.424. The summed E-state index contributed by atoms with van der Waals surface area (Å²) in [6.07, 6.45) is 2.61. The minimum absolute atomic E-state index is 0.109. The summed E-state index contributed by atoms with van der Waals surface area (Å²) in [5, 5.41) is 3.74. The van der Waals surface area contributed by atoms with Gasteiger partial charge in [-0.2, -0.15) is 0 Å². The Morgan fingerprint density at radius 3 is 2.32 bits per heavy atom. The Bertz CT molecular complexity index is 1370. The molecule has 0 aliphatic carbocycles. The molecule has 2 atom stereocenters. The van der Waals surface area contributed by atoms with Crippen molar-refractivity contribution in [2.75, 3.05) is 44.2 Å². The van der Waals surface area contributed by atoms with Gasteiger partial charge in [0.15, 0.2) is 0 Å². The third kappa shape index (κ3) is 6.74. The van der Waals surface area contributed by atoms with Crippen LogP contribution in [0.1, 0.15) is 44.7 Å². The molecule has 1 aromatic heterocycles. The van der Waals surface area contributed by atoms with E-state index in [1.165, 1.54) is 5.56 Å². The summed E-state index contributed by atoms with van der Waals surface area (Å²) < 4.78 is 0. The van der Waals surface area contributed by atoms with Crippen LogP contribution in [0.15, 0.2) is 54.7 Å². The molecule has 2 aromatic carbocycles. The summed E-state index contributed by atoms with van der Waals surface area (Å²) in [4.78, 5) is 37.3. The lowest BCUT2D eigenvalue weighted by Crippen LogP contribution is -2.41. The maximum absolute atomic E-state index is 13.3. The summed E-state index contributed by atoms with van der Waals surface area (Å²) >= 11 is 6.43. The van der Waals surface area contributed by atoms with Crippen LogP contribution in [0.5, 0.6) is 0 Å². The number of likely N-dealkylation sites (tertiary alicyclic amines) is 2. The van der Waals surface area contributed by atoms with Crippen LogP contribution in [0.2, 0.25) is 5.02 Å². The number of hydrogen-bond donors (Lipinski definition) is 1. The van der Waals surface area contributed by atoms with Gasteiger partial charge in [-0.15, -0.1) is 0 Å². The van der Waals surface area contributed by atoms with Crippen LogP contribution in [0.4, 0.5) is 10.5 Å². The number of nitrogens with zero attached hydrogens (tertiary/aromatic N) is 4. The SMILES string of the molecule is Cc1ccc(CNC(=O)N(CCCN2CC3CN(C(=O)c4c(C)ccnc4C)CC3C2)c2ccc(C)c(Cl)c2)cc1. The maximum Gasteiger partial charge on any atom is 0.322 e. The van der Waals surface area contributed by atoms with Crippen molar-refractivity contribution in [2.45, 2.75) is 40.7 Å². The molecule has 2 aliphatic heterocycles. The molecule has 8 heteroatoms. The monoisotopic (exact) mass is 573 g/mol. The summed E-state index contributed by atoms with van der Waals surface area (Å²) in [6.45, 7) is 13.4. The smallest absolute Gasteiger partial charge is 0.322 e. The molecule has 3 amide bonds. The fourth-order valence-corrected chi connectivity index (χ4v) is 6.32. The summed E-state index contributed by atoms with van der Waals surface area (Å²) in [5.41, 5.74) is 6.59. The van der Waals surface area contributed by atoms with E-state index in [4.69, 9.17) is 11.6 Å². The molecule has 2 saturated heterocycles. The highest BCUT2D eigenvalue weighted by atomic mass is 35.5. The van der Waals surface area contributed by atoms with Crippen LogP contribution < -0.4 is 10.2 Å². The summed E-state index contributed by atoms with van der Waals surface area (Å²) in [5.74, 6) is 1.08. The molecular weight excluding hydrogens is 534 g/mol. The highest BCUT2D eigenvalue weighted by Crippen LogP contribution is 2.33. The third-order valence-corrected chi connectivity index (χ3v) is 8.95. The fourth-order valence-electron chi connectivity index (χ4n) is 6.14. The minimum atomic E-state index is -0.126. The van der Waals surface area contributed by atoms with Gasteiger partial charge in [-0.25, -0.2) is 4.79 Å². The number of fused-ring (bicyclic) bond motifs is 1. The number of benzene rings is 2. The van der Waals surface area contributed by atoms with Crippen LogP contribution in [-0.2, 0) is 6.54 Å². The van der Waals surface area contributed by atoms with Gasteiger partial charge in [0.2, 0.25) is 0 Å². The van der Waals surface area contributed by atoms with E-state index in [0.29, 0.717) is 29.9 Å². The normalized spacial score (nSPS) is 18.4. The number of anilines is 1. The van der Waals surface area contributed by atoms with E-state index >= 15 is 0 Å². The van der Waals surface area contributed by atoms with E-state index < -0.39 is 0 Å². The van der Waals surface area contributed by atoms with Gasteiger partial charge in [0.05, 0.1) is 11.3 Å². The van der Waals surface area contributed by atoms with Gasteiger partial charge in [-0.1, -0.05) is 47.5 Å². The van der Waals surface area contributed by atoms with E-state index in [-0.39, 0.29) is 11.9 Å². The number of aromatic nitrogens is 1. The van der Waals surface area contributed by atoms with E-state index in [0.717, 1.165) is 72.8 Å². The van der Waals surface area contributed by atoms with Gasteiger partial charge in [-0.05, 0) is 87.4 Å². The summed E-state index contributed by atoms with van der Waals surface area (Å²) in [6, 6.07) is 15.8. The molecule has 2 fully saturated rings. The van der Waals surface area contributed by atoms with Gasteiger partial charge in [0.25, 0.3) is 5.91 Å². The lowest BCUT2D eigenvalue weighted by molar-refractivity contribution is 0.0772. The molecule has 0 saturated carbocycles. The number of rotatable bonds is 8. The predicted octanol–water partition coefficient (Wildman–Crippen LogP) is 5.78. The van der Waals surface area contributed by atoms with Crippen molar-refractivity contribution in [3.8, 4) is 0 Å². The summed E-state index contributed by atoms with van der Waals surface area (Å²) in [7, 11) is 0. The van der Waals surface area contributed by atoms with Crippen molar-refractivity contribution < 1.29 is 9.59 Å². The van der Waals surface area contributed by atoms with Gasteiger partial charge in [0, 0.05) is 56.2 Å². The molecule has 3 aromatic rings. The number of pyridine rings is 1. The number of aryl methyl sites for hydroxylation is 4. The van der Waals surface area contributed by atoms with Gasteiger partial charge < -0.3 is 15.1 Å². The second-order valence-corrected chi connectivity index (χ2v) is 12.1. The maximum atomic E-state index is 13.3. The number of halogens is 1. The first-order valence-electron chi connectivity index (χ1n) is 14.5. The third-order valence-electron chi connectivity index (χ3n) is 8.54. The number of carbonyl (C=O) groups excluding carboxylic acids is 2. The van der Waals surface area contributed by atoms with Crippen molar-refractivity contribution in [3.05, 3.63) is 93.3 Å². The molecule has 0 bridgehead atoms. The molecule has 5 rings (SSSR count). The first kappa shape index (κ1) is 29.1. The van der Waals surface area contributed by atoms with Crippen molar-refractivity contribution in [3.63, 3.8) is 0 Å². The molecule has 3 heterocycles. The van der Waals surface area contributed by atoms with Crippen molar-refractivity contribution in [1.82, 2.24) is 20.1 Å². The molecule has 41 heavy (non-hydrogen) atoms. The Morgan fingerprint density at radius 1 is 0.951 bits per heavy atom. The van der Waals surface area contributed by atoms with Gasteiger partial charge in [-0.3, -0.25) is 14.7 Å². The Kier molecular flexibility index (Phi) is 8.95. The number of nitrogens with one attached hydrogen (secondary N) is 1. The highest BCUT2D eigenvalue weighted by molar-refractivity contribution is 6.31. The molecule has 2 aliphatic rings. The van der Waals surface area contributed by atoms with Crippen molar-refractivity contribution >= 4 is 29.2 Å². The van der Waals surface area contributed by atoms with Gasteiger partial charge >= 0.3 is 6.03 Å². The van der Waals surface area contributed by atoms with Crippen LogP contribution in [-0.4, -0.2) is 66.0 Å². The zero-order chi connectivity index (χ0) is 29.1. The Balaban J connectivity index is 1.16.